The van der Waals surface area contributed by atoms with E-state index in [0.29, 0.717) is 6.54 Å². The van der Waals surface area contributed by atoms with E-state index in [1.165, 1.54) is 0 Å². The van der Waals surface area contributed by atoms with E-state index in [4.69, 9.17) is 5.73 Å². The molecule has 0 aliphatic heterocycles. The summed E-state index contributed by atoms with van der Waals surface area (Å²) in [6.45, 7) is 11.3. The molecule has 0 aromatic carbocycles. The fraction of sp³-hybridized carbons (Fsp3) is 0.545. The molecule has 0 saturated heterocycles. The lowest BCUT2D eigenvalue weighted by atomic mass is 10.2. The third-order valence-electron chi connectivity index (χ3n) is 1.95. The van der Waals surface area contributed by atoms with E-state index < -0.39 is 0 Å². The van der Waals surface area contributed by atoms with E-state index in [1.807, 2.05) is 20.0 Å². The molecule has 3 nitrogen and oxygen atoms in total. The average Bonchev–Trinajstić information content (AvgIpc) is 2.21. The zero-order chi connectivity index (χ0) is 11.0. The molecule has 0 aromatic heterocycles. The second-order valence-electron chi connectivity index (χ2n) is 3.22. The van der Waals surface area contributed by atoms with Crippen molar-refractivity contribution in [2.45, 2.75) is 27.2 Å². The summed E-state index contributed by atoms with van der Waals surface area (Å²) in [6.07, 6.45) is 2.82. The quantitative estimate of drug-likeness (QED) is 0.502. The molecule has 0 unspecified atom stereocenters. The third-order valence-corrected chi connectivity index (χ3v) is 1.95. The van der Waals surface area contributed by atoms with Gasteiger partial charge in [0.1, 0.15) is 0 Å². The molecule has 14 heavy (non-hydrogen) atoms. The maximum atomic E-state index is 5.37. The van der Waals surface area contributed by atoms with Crippen molar-refractivity contribution in [1.82, 2.24) is 5.32 Å². The standard InChI is InChI=1S/C11H21N3/c1-5-10(3)14-8-9(2)11(4)13-7-6-12/h8,13H,4-7,12H2,1-3H3/b9-8+,14-10?. The number of hydrogen-bond donors (Lipinski definition) is 2. The van der Waals surface area contributed by atoms with E-state index in [0.717, 1.165) is 29.9 Å². The van der Waals surface area contributed by atoms with Gasteiger partial charge in [0, 0.05) is 30.7 Å². The molecule has 0 radical (unpaired) electrons. The average molecular weight is 195 g/mol. The largest absolute Gasteiger partial charge is 0.384 e. The molecule has 0 aliphatic carbocycles. The van der Waals surface area contributed by atoms with Crippen LogP contribution in [0.1, 0.15) is 27.2 Å². The van der Waals surface area contributed by atoms with Crippen molar-refractivity contribution in [3.8, 4) is 0 Å². The van der Waals surface area contributed by atoms with E-state index in [-0.39, 0.29) is 0 Å². The summed E-state index contributed by atoms with van der Waals surface area (Å²) in [5.41, 5.74) is 8.43. The maximum Gasteiger partial charge on any atom is 0.0316 e. The van der Waals surface area contributed by atoms with Crippen LogP contribution in [0, 0.1) is 0 Å². The monoisotopic (exact) mass is 195 g/mol. The SMILES string of the molecule is C=C(NCCN)/C(C)=C/N=C(C)CC. The van der Waals surface area contributed by atoms with Gasteiger partial charge in [0.15, 0.2) is 0 Å². The molecule has 80 valence electrons. The van der Waals surface area contributed by atoms with Crippen LogP contribution in [-0.2, 0) is 0 Å². The van der Waals surface area contributed by atoms with Crippen LogP contribution in [0.25, 0.3) is 0 Å². The molecule has 0 saturated carbocycles. The van der Waals surface area contributed by atoms with Gasteiger partial charge < -0.3 is 11.1 Å². The van der Waals surface area contributed by atoms with Gasteiger partial charge in [-0.1, -0.05) is 13.5 Å². The topological polar surface area (TPSA) is 50.4 Å². The van der Waals surface area contributed by atoms with Crippen LogP contribution >= 0.6 is 0 Å². The number of nitrogens with zero attached hydrogens (tertiary/aromatic N) is 1. The van der Waals surface area contributed by atoms with Crippen molar-refractivity contribution >= 4 is 5.71 Å². The smallest absolute Gasteiger partial charge is 0.0316 e. The minimum absolute atomic E-state index is 0.615. The summed E-state index contributed by atoms with van der Waals surface area (Å²) in [5, 5.41) is 3.12. The summed E-state index contributed by atoms with van der Waals surface area (Å²) in [7, 11) is 0. The molecule has 0 rings (SSSR count). The molecule has 3 N–H and O–H groups in total. The Hall–Kier alpha value is -1.09. The maximum absolute atomic E-state index is 5.37. The highest BCUT2D eigenvalue weighted by Gasteiger charge is 1.94. The van der Waals surface area contributed by atoms with Crippen LogP contribution in [0.3, 0.4) is 0 Å². The first-order valence-corrected chi connectivity index (χ1v) is 4.95. The van der Waals surface area contributed by atoms with E-state index in [9.17, 15) is 0 Å². The molecule has 0 spiro atoms. The summed E-state index contributed by atoms with van der Waals surface area (Å²) in [4.78, 5) is 4.29. The predicted molar refractivity (Wildman–Crippen MR) is 63.4 cm³/mol. The molecule has 0 bridgehead atoms. The number of aliphatic imine (C=N–C) groups is 1. The van der Waals surface area contributed by atoms with Crippen molar-refractivity contribution in [1.29, 1.82) is 0 Å². The molecule has 0 aromatic rings. The van der Waals surface area contributed by atoms with Crippen molar-refractivity contribution in [2.75, 3.05) is 13.1 Å². The molecule has 0 fully saturated rings. The van der Waals surface area contributed by atoms with Crippen molar-refractivity contribution < 1.29 is 0 Å². The summed E-state index contributed by atoms with van der Waals surface area (Å²) < 4.78 is 0. The van der Waals surface area contributed by atoms with Gasteiger partial charge in [-0.05, 0) is 25.8 Å². The minimum Gasteiger partial charge on any atom is -0.384 e. The Morgan fingerprint density at radius 1 is 1.50 bits per heavy atom. The molecule has 0 atom stereocenters. The lowest BCUT2D eigenvalue weighted by molar-refractivity contribution is 0.806. The molecule has 0 amide bonds. The van der Waals surface area contributed by atoms with Crippen LogP contribution in [0.15, 0.2) is 29.0 Å². The van der Waals surface area contributed by atoms with Gasteiger partial charge in [0.05, 0.1) is 0 Å². The van der Waals surface area contributed by atoms with E-state index in [2.05, 4.69) is 23.8 Å². The van der Waals surface area contributed by atoms with Crippen molar-refractivity contribution in [2.24, 2.45) is 10.7 Å². The fourth-order valence-corrected chi connectivity index (χ4v) is 0.739. The third kappa shape index (κ3) is 5.54. The van der Waals surface area contributed by atoms with Gasteiger partial charge in [-0.15, -0.1) is 0 Å². The lowest BCUT2D eigenvalue weighted by Crippen LogP contribution is -2.21. The van der Waals surface area contributed by atoms with Gasteiger partial charge in [0.2, 0.25) is 0 Å². The Labute approximate surface area is 86.8 Å². The Balaban J connectivity index is 4.16. The predicted octanol–water partition coefficient (Wildman–Crippen LogP) is 1.82. The van der Waals surface area contributed by atoms with Gasteiger partial charge in [-0.2, -0.15) is 0 Å². The highest BCUT2D eigenvalue weighted by atomic mass is 14.9. The summed E-state index contributed by atoms with van der Waals surface area (Å²) >= 11 is 0. The Kier molecular flexibility index (Phi) is 6.76. The van der Waals surface area contributed by atoms with Gasteiger partial charge >= 0.3 is 0 Å². The number of nitrogens with one attached hydrogen (secondary N) is 1. The summed E-state index contributed by atoms with van der Waals surface area (Å²) in [5.74, 6) is 0. The molecule has 0 aliphatic rings. The fourth-order valence-electron chi connectivity index (χ4n) is 0.739. The second kappa shape index (κ2) is 7.33. The zero-order valence-electron chi connectivity index (χ0n) is 9.43. The Bertz CT molecular complexity index is 239. The zero-order valence-corrected chi connectivity index (χ0v) is 9.43. The minimum atomic E-state index is 0.615. The molecule has 0 heterocycles. The number of allylic oxidation sites excluding steroid dienone is 1. The number of rotatable bonds is 6. The van der Waals surface area contributed by atoms with Gasteiger partial charge in [0.25, 0.3) is 0 Å². The number of hydrogen-bond acceptors (Lipinski definition) is 3. The molecule has 3 heteroatoms. The normalized spacial score (nSPS) is 12.9. The van der Waals surface area contributed by atoms with Crippen molar-refractivity contribution in [3.05, 3.63) is 24.0 Å². The van der Waals surface area contributed by atoms with E-state index >= 15 is 0 Å². The first-order chi connectivity index (χ1) is 6.61. The second-order valence-corrected chi connectivity index (χ2v) is 3.22. The van der Waals surface area contributed by atoms with Crippen molar-refractivity contribution in [3.63, 3.8) is 0 Å². The summed E-state index contributed by atoms with van der Waals surface area (Å²) in [6, 6.07) is 0. The Morgan fingerprint density at radius 3 is 2.64 bits per heavy atom. The van der Waals surface area contributed by atoms with Crippen LogP contribution in [0.2, 0.25) is 0 Å². The molecular weight excluding hydrogens is 174 g/mol. The first kappa shape index (κ1) is 12.9. The van der Waals surface area contributed by atoms with Crippen LogP contribution < -0.4 is 11.1 Å². The number of nitrogens with two attached hydrogens (primary N) is 1. The van der Waals surface area contributed by atoms with Gasteiger partial charge in [-0.25, -0.2) is 0 Å². The first-order valence-electron chi connectivity index (χ1n) is 4.95. The molecular formula is C11H21N3. The van der Waals surface area contributed by atoms with E-state index in [1.54, 1.807) is 0 Å². The lowest BCUT2D eigenvalue weighted by Gasteiger charge is -2.07. The van der Waals surface area contributed by atoms with Crippen LogP contribution in [-0.4, -0.2) is 18.8 Å². The highest BCUT2D eigenvalue weighted by Crippen LogP contribution is 2.03. The van der Waals surface area contributed by atoms with Crippen LogP contribution in [0.5, 0.6) is 0 Å². The Morgan fingerprint density at radius 2 is 2.14 bits per heavy atom. The van der Waals surface area contributed by atoms with Crippen LogP contribution in [0.4, 0.5) is 0 Å². The van der Waals surface area contributed by atoms with Gasteiger partial charge in [-0.3, -0.25) is 4.99 Å². The highest BCUT2D eigenvalue weighted by molar-refractivity contribution is 5.82.